The van der Waals surface area contributed by atoms with Gasteiger partial charge >= 0.3 is 6.18 Å². The van der Waals surface area contributed by atoms with Crippen molar-refractivity contribution in [1.82, 2.24) is 9.88 Å². The highest BCUT2D eigenvalue weighted by molar-refractivity contribution is 7.11. The average molecular weight is 291 g/mol. The lowest BCUT2D eigenvalue weighted by Crippen LogP contribution is -2.30. The number of rotatable bonds is 2. The second-order valence-electron chi connectivity index (χ2n) is 5.49. The summed E-state index contributed by atoms with van der Waals surface area (Å²) >= 11 is 0.747. The molecule has 1 saturated carbocycles. The summed E-state index contributed by atoms with van der Waals surface area (Å²) < 4.78 is 37.4. The molecule has 3 unspecified atom stereocenters. The van der Waals surface area contributed by atoms with E-state index in [1.807, 2.05) is 0 Å². The molecule has 0 amide bonds. The average Bonchev–Trinajstić information content (AvgIpc) is 2.97. The number of nitrogens with two attached hydrogens (primary N) is 1. The van der Waals surface area contributed by atoms with Crippen molar-refractivity contribution in [1.29, 1.82) is 0 Å². The molecule has 7 heteroatoms. The predicted octanol–water partition coefficient (Wildman–Crippen LogP) is 2.33. The maximum absolute atomic E-state index is 12.5. The number of likely N-dealkylation sites (tertiary alicyclic amines) is 1. The smallest absolute Gasteiger partial charge is 0.327 e. The molecule has 3 nitrogen and oxygen atoms in total. The Kier molecular flexibility index (Phi) is 3.31. The summed E-state index contributed by atoms with van der Waals surface area (Å²) in [4.78, 5) is 6.35. The first-order valence-electron chi connectivity index (χ1n) is 6.43. The summed E-state index contributed by atoms with van der Waals surface area (Å²) in [5.41, 5.74) is 6.05. The molecule has 2 aliphatic rings. The van der Waals surface area contributed by atoms with E-state index in [0.29, 0.717) is 23.3 Å². The van der Waals surface area contributed by atoms with Gasteiger partial charge in [0.2, 0.25) is 0 Å². The van der Waals surface area contributed by atoms with Crippen LogP contribution in [0.5, 0.6) is 0 Å². The molecule has 0 radical (unpaired) electrons. The van der Waals surface area contributed by atoms with Crippen molar-refractivity contribution in [3.8, 4) is 0 Å². The highest BCUT2D eigenvalue weighted by atomic mass is 32.1. The van der Waals surface area contributed by atoms with Crippen molar-refractivity contribution in [2.24, 2.45) is 17.6 Å². The fraction of sp³-hybridized carbons (Fsp3) is 0.750. The maximum Gasteiger partial charge on any atom is 0.443 e. The standard InChI is InChI=1S/C12H16F3N3S/c13-12(14,15)11-17-3-8(19-11)5-18-4-7-1-2-10(16)9(7)6-18/h3,7,9-10H,1-2,4-6,16H2. The Morgan fingerprint density at radius 3 is 2.79 bits per heavy atom. The van der Waals surface area contributed by atoms with Crippen LogP contribution in [0.2, 0.25) is 0 Å². The zero-order chi connectivity index (χ0) is 13.6. The number of nitrogens with zero attached hydrogens (tertiary/aromatic N) is 2. The third-order valence-electron chi connectivity index (χ3n) is 4.16. The molecule has 106 valence electrons. The number of hydrogen-bond donors (Lipinski definition) is 1. The number of thiazole rings is 1. The zero-order valence-electron chi connectivity index (χ0n) is 10.4. The molecule has 1 aliphatic carbocycles. The minimum atomic E-state index is -4.33. The maximum atomic E-state index is 12.5. The van der Waals surface area contributed by atoms with E-state index in [0.717, 1.165) is 37.3 Å². The highest BCUT2D eigenvalue weighted by Gasteiger charge is 2.41. The Labute approximate surface area is 113 Å². The van der Waals surface area contributed by atoms with Gasteiger partial charge in [0.1, 0.15) is 0 Å². The van der Waals surface area contributed by atoms with E-state index in [4.69, 9.17) is 5.73 Å². The molecular weight excluding hydrogens is 275 g/mol. The lowest BCUT2D eigenvalue weighted by Gasteiger charge is -2.17. The molecule has 2 fully saturated rings. The van der Waals surface area contributed by atoms with E-state index >= 15 is 0 Å². The molecule has 3 atom stereocenters. The van der Waals surface area contributed by atoms with Crippen molar-refractivity contribution < 1.29 is 13.2 Å². The van der Waals surface area contributed by atoms with Gasteiger partial charge in [-0.05, 0) is 24.7 Å². The summed E-state index contributed by atoms with van der Waals surface area (Å²) in [6.07, 6.45) is -0.741. The normalized spacial score (nSPS) is 31.9. The van der Waals surface area contributed by atoms with Crippen molar-refractivity contribution in [2.75, 3.05) is 13.1 Å². The van der Waals surface area contributed by atoms with Crippen LogP contribution in [0.4, 0.5) is 13.2 Å². The third kappa shape index (κ3) is 2.64. The van der Waals surface area contributed by atoms with Crippen LogP contribution < -0.4 is 5.73 Å². The second-order valence-corrected chi connectivity index (χ2v) is 6.60. The molecule has 0 spiro atoms. The van der Waals surface area contributed by atoms with E-state index in [-0.39, 0.29) is 6.04 Å². The minimum Gasteiger partial charge on any atom is -0.327 e. The van der Waals surface area contributed by atoms with E-state index in [9.17, 15) is 13.2 Å². The number of hydrogen-bond acceptors (Lipinski definition) is 4. The first-order valence-corrected chi connectivity index (χ1v) is 7.25. The molecule has 2 heterocycles. The van der Waals surface area contributed by atoms with Crippen LogP contribution >= 0.6 is 11.3 Å². The van der Waals surface area contributed by atoms with E-state index in [1.54, 1.807) is 0 Å². The lowest BCUT2D eigenvalue weighted by atomic mass is 9.98. The summed E-state index contributed by atoms with van der Waals surface area (Å²) in [5.74, 6) is 1.15. The van der Waals surface area contributed by atoms with Crippen LogP contribution in [-0.2, 0) is 12.7 Å². The predicted molar refractivity (Wildman–Crippen MR) is 66.6 cm³/mol. The molecule has 0 aromatic carbocycles. The van der Waals surface area contributed by atoms with Crippen LogP contribution in [0, 0.1) is 11.8 Å². The fourth-order valence-electron chi connectivity index (χ4n) is 3.26. The summed E-state index contributed by atoms with van der Waals surface area (Å²) in [6.45, 7) is 2.43. The van der Waals surface area contributed by atoms with Crippen LogP contribution in [-0.4, -0.2) is 29.0 Å². The Morgan fingerprint density at radius 2 is 2.16 bits per heavy atom. The fourth-order valence-corrected chi connectivity index (χ4v) is 4.08. The van der Waals surface area contributed by atoms with Crippen LogP contribution in [0.25, 0.3) is 0 Å². The summed E-state index contributed by atoms with van der Waals surface area (Å²) in [5, 5.41) is -0.751. The first-order chi connectivity index (χ1) is 8.93. The number of halogens is 3. The van der Waals surface area contributed by atoms with Gasteiger partial charge in [0.05, 0.1) is 0 Å². The van der Waals surface area contributed by atoms with E-state index < -0.39 is 11.2 Å². The van der Waals surface area contributed by atoms with Gasteiger partial charge in [0.25, 0.3) is 0 Å². The molecule has 1 aromatic heterocycles. The van der Waals surface area contributed by atoms with Crippen molar-refractivity contribution >= 4 is 11.3 Å². The molecule has 3 rings (SSSR count). The Hall–Kier alpha value is -0.660. The van der Waals surface area contributed by atoms with E-state index in [1.165, 1.54) is 6.20 Å². The van der Waals surface area contributed by atoms with Crippen LogP contribution in [0.15, 0.2) is 6.20 Å². The van der Waals surface area contributed by atoms with Gasteiger partial charge in [-0.2, -0.15) is 13.2 Å². The highest BCUT2D eigenvalue weighted by Crippen LogP contribution is 2.38. The second kappa shape index (κ2) is 4.71. The van der Waals surface area contributed by atoms with Gasteiger partial charge in [-0.15, -0.1) is 11.3 Å². The van der Waals surface area contributed by atoms with Crippen LogP contribution in [0.1, 0.15) is 22.7 Å². The number of alkyl halides is 3. The molecule has 19 heavy (non-hydrogen) atoms. The van der Waals surface area contributed by atoms with Gasteiger partial charge in [-0.1, -0.05) is 0 Å². The van der Waals surface area contributed by atoms with E-state index in [2.05, 4.69) is 9.88 Å². The largest absolute Gasteiger partial charge is 0.443 e. The monoisotopic (exact) mass is 291 g/mol. The number of fused-ring (bicyclic) bond motifs is 1. The molecule has 1 aliphatic heterocycles. The zero-order valence-corrected chi connectivity index (χ0v) is 11.2. The molecular formula is C12H16F3N3S. The van der Waals surface area contributed by atoms with Crippen molar-refractivity contribution in [2.45, 2.75) is 31.6 Å². The minimum absolute atomic E-state index is 0.266. The van der Waals surface area contributed by atoms with Crippen LogP contribution in [0.3, 0.4) is 0 Å². The Balaban J connectivity index is 1.62. The first kappa shape index (κ1) is 13.3. The summed E-state index contributed by atoms with van der Waals surface area (Å²) in [7, 11) is 0. The van der Waals surface area contributed by atoms with Gasteiger partial charge in [0, 0.05) is 36.8 Å². The van der Waals surface area contributed by atoms with Gasteiger partial charge in [-0.25, -0.2) is 4.98 Å². The van der Waals surface area contributed by atoms with Gasteiger partial charge in [-0.3, -0.25) is 4.90 Å². The van der Waals surface area contributed by atoms with Gasteiger partial charge < -0.3 is 5.73 Å². The Morgan fingerprint density at radius 1 is 1.37 bits per heavy atom. The summed E-state index contributed by atoms with van der Waals surface area (Å²) in [6, 6.07) is 0.266. The quantitative estimate of drug-likeness (QED) is 0.909. The Bertz CT molecular complexity index is 459. The SMILES string of the molecule is NC1CCC2CN(Cc3cnc(C(F)(F)F)s3)CC12. The lowest BCUT2D eigenvalue weighted by molar-refractivity contribution is -0.137. The van der Waals surface area contributed by atoms with Crippen molar-refractivity contribution in [3.05, 3.63) is 16.1 Å². The molecule has 1 aromatic rings. The molecule has 2 N–H and O–H groups in total. The van der Waals surface area contributed by atoms with Gasteiger partial charge in [0.15, 0.2) is 5.01 Å². The molecule has 1 saturated heterocycles. The molecule has 0 bridgehead atoms. The number of aromatic nitrogens is 1. The topological polar surface area (TPSA) is 42.1 Å². The third-order valence-corrected chi connectivity index (χ3v) is 5.19. The van der Waals surface area contributed by atoms with Crippen molar-refractivity contribution in [3.63, 3.8) is 0 Å².